The second-order valence-electron chi connectivity index (χ2n) is 2.00. The molecule has 0 aliphatic carbocycles. The second kappa shape index (κ2) is 2.24. The lowest BCUT2D eigenvalue weighted by atomic mass is 10.7. The lowest BCUT2D eigenvalue weighted by Crippen LogP contribution is -2.21. The lowest BCUT2D eigenvalue weighted by Gasteiger charge is -1.89. The van der Waals surface area contributed by atoms with Gasteiger partial charge in [-0.15, -0.1) is 0 Å². The van der Waals surface area contributed by atoms with Gasteiger partial charge in [-0.3, -0.25) is 0 Å². The summed E-state index contributed by atoms with van der Waals surface area (Å²) in [6, 6.07) is 0. The third kappa shape index (κ3) is 0.832. The summed E-state index contributed by atoms with van der Waals surface area (Å²) < 4.78 is 14.0. The van der Waals surface area contributed by atoms with Crippen LogP contribution in [0.1, 0.15) is 5.82 Å². The van der Waals surface area contributed by atoms with Crippen LogP contribution in [0.4, 0.5) is 4.39 Å². The normalized spacial score (nSPS) is 10.3. The summed E-state index contributed by atoms with van der Waals surface area (Å²) in [5, 5.41) is 3.71. The van der Waals surface area contributed by atoms with Crippen molar-refractivity contribution in [3.05, 3.63) is 16.3 Å². The molecule has 0 amide bonds. The quantitative estimate of drug-likeness (QED) is 0.549. The van der Waals surface area contributed by atoms with Gasteiger partial charge in [0, 0.05) is 7.05 Å². The molecule has 1 aromatic heterocycles. The van der Waals surface area contributed by atoms with Gasteiger partial charge in [-0.2, -0.15) is 5.10 Å². The maximum Gasteiger partial charge on any atom is 0.347 e. The molecule has 1 aromatic rings. The smallest absolute Gasteiger partial charge is 0.250 e. The molecule has 0 N–H and O–H groups in total. The summed E-state index contributed by atoms with van der Waals surface area (Å²) in [6.07, 6.45) is 0. The molecule has 56 valence electrons. The zero-order chi connectivity index (χ0) is 7.72. The molecule has 0 saturated heterocycles. The fourth-order valence-electron chi connectivity index (χ4n) is 0.765. The van der Waals surface area contributed by atoms with Crippen LogP contribution in [-0.2, 0) is 13.8 Å². The molecule has 0 aromatic carbocycles. The zero-order valence-electron chi connectivity index (χ0n) is 5.83. The second-order valence-corrected chi connectivity index (χ2v) is 2.00. The summed E-state index contributed by atoms with van der Waals surface area (Å²) in [5.41, 5.74) is -0.417. The van der Waals surface area contributed by atoms with Crippen LogP contribution in [0.5, 0.6) is 0 Å². The highest BCUT2D eigenvalue weighted by Crippen LogP contribution is 1.87. The van der Waals surface area contributed by atoms with Crippen molar-refractivity contribution in [2.24, 2.45) is 7.05 Å². The van der Waals surface area contributed by atoms with Crippen LogP contribution in [0.15, 0.2) is 4.79 Å². The van der Waals surface area contributed by atoms with Gasteiger partial charge >= 0.3 is 5.69 Å². The van der Waals surface area contributed by atoms with E-state index in [4.69, 9.17) is 0 Å². The first-order chi connectivity index (χ1) is 4.66. The van der Waals surface area contributed by atoms with E-state index >= 15 is 0 Å². The lowest BCUT2D eigenvalue weighted by molar-refractivity contribution is 0.362. The summed E-state index contributed by atoms with van der Waals surface area (Å²) in [7, 11) is 1.49. The van der Waals surface area contributed by atoms with Crippen LogP contribution in [-0.4, -0.2) is 14.3 Å². The summed E-state index contributed by atoms with van der Waals surface area (Å²) >= 11 is 0. The van der Waals surface area contributed by atoms with Crippen LogP contribution in [0.25, 0.3) is 0 Å². The first kappa shape index (κ1) is 6.98. The van der Waals surface area contributed by atoms with E-state index in [9.17, 15) is 9.18 Å². The maximum atomic E-state index is 12.0. The number of aryl methyl sites for hydroxylation is 2. The highest BCUT2D eigenvalue weighted by molar-refractivity contribution is 4.81. The Morgan fingerprint density at radius 3 is 2.50 bits per heavy atom. The number of nitrogens with zero attached hydrogens (tertiary/aromatic N) is 3. The number of alkyl halides is 1. The molecular formula is C5H8FN3O. The Morgan fingerprint density at radius 1 is 1.70 bits per heavy atom. The number of halogens is 1. The van der Waals surface area contributed by atoms with Gasteiger partial charge in [0.2, 0.25) is 0 Å². The number of aromatic nitrogens is 3. The molecule has 0 aliphatic rings. The highest BCUT2D eigenvalue weighted by atomic mass is 19.1. The first-order valence-electron chi connectivity index (χ1n) is 2.83. The average molecular weight is 145 g/mol. The number of hydrogen-bond acceptors (Lipinski definition) is 2. The Hall–Kier alpha value is -1.13. The monoisotopic (exact) mass is 145 g/mol. The molecule has 0 atom stereocenters. The fraction of sp³-hybridized carbons (Fsp3) is 0.600. The number of hydrogen-bond donors (Lipinski definition) is 0. The van der Waals surface area contributed by atoms with Gasteiger partial charge in [0.15, 0.2) is 6.80 Å². The third-order valence-electron chi connectivity index (χ3n) is 1.31. The van der Waals surface area contributed by atoms with Crippen LogP contribution >= 0.6 is 0 Å². The number of rotatable bonds is 1. The predicted octanol–water partition coefficient (Wildman–Crippen LogP) is -0.183. The third-order valence-corrected chi connectivity index (χ3v) is 1.31. The Bertz CT molecular complexity index is 288. The minimum Gasteiger partial charge on any atom is -0.250 e. The van der Waals surface area contributed by atoms with Crippen molar-refractivity contribution in [3.63, 3.8) is 0 Å². The molecular weight excluding hydrogens is 137 g/mol. The van der Waals surface area contributed by atoms with Crippen molar-refractivity contribution in [1.29, 1.82) is 0 Å². The topological polar surface area (TPSA) is 39.8 Å². The minimum absolute atomic E-state index is 0.398. The van der Waals surface area contributed by atoms with E-state index in [1.54, 1.807) is 6.92 Å². The highest BCUT2D eigenvalue weighted by Gasteiger charge is 2.04. The van der Waals surface area contributed by atoms with Crippen LogP contribution in [0.2, 0.25) is 0 Å². The summed E-state index contributed by atoms with van der Waals surface area (Å²) in [4.78, 5) is 10.8. The Kier molecular flexibility index (Phi) is 1.57. The molecule has 5 heteroatoms. The summed E-state index contributed by atoms with van der Waals surface area (Å²) in [6.45, 7) is 0.777. The molecule has 4 nitrogen and oxygen atoms in total. The predicted molar refractivity (Wildman–Crippen MR) is 33.3 cm³/mol. The van der Waals surface area contributed by atoms with Crippen molar-refractivity contribution in [2.45, 2.75) is 13.7 Å². The van der Waals surface area contributed by atoms with Gasteiger partial charge in [0.25, 0.3) is 0 Å². The summed E-state index contributed by atoms with van der Waals surface area (Å²) in [5.74, 6) is 0.398. The van der Waals surface area contributed by atoms with Crippen molar-refractivity contribution in [1.82, 2.24) is 14.3 Å². The van der Waals surface area contributed by atoms with E-state index in [2.05, 4.69) is 5.10 Å². The Balaban J connectivity index is 3.34. The Morgan fingerprint density at radius 2 is 2.30 bits per heavy atom. The standard InChI is InChI=1S/C5H8FN3O/c1-4-7-8(2)5(10)9(4)3-6/h3H2,1-2H3. The van der Waals surface area contributed by atoms with Crippen LogP contribution < -0.4 is 5.69 Å². The first-order valence-corrected chi connectivity index (χ1v) is 2.83. The van der Waals surface area contributed by atoms with Crippen molar-refractivity contribution in [2.75, 3.05) is 0 Å². The van der Waals surface area contributed by atoms with Gasteiger partial charge in [0.1, 0.15) is 5.82 Å². The average Bonchev–Trinajstić information content (AvgIpc) is 2.09. The molecule has 1 rings (SSSR count). The van der Waals surface area contributed by atoms with Crippen LogP contribution in [0.3, 0.4) is 0 Å². The van der Waals surface area contributed by atoms with E-state index in [1.165, 1.54) is 7.05 Å². The largest absolute Gasteiger partial charge is 0.347 e. The maximum absolute atomic E-state index is 12.0. The van der Waals surface area contributed by atoms with Gasteiger partial charge in [-0.1, -0.05) is 0 Å². The molecule has 1 heterocycles. The molecule has 0 radical (unpaired) electrons. The minimum atomic E-state index is -0.807. The van der Waals surface area contributed by atoms with E-state index in [1.807, 2.05) is 0 Å². The van der Waals surface area contributed by atoms with Gasteiger partial charge in [0.05, 0.1) is 0 Å². The SMILES string of the molecule is Cc1nn(C)c(=O)n1CF. The van der Waals surface area contributed by atoms with E-state index in [0.29, 0.717) is 5.82 Å². The van der Waals surface area contributed by atoms with Gasteiger partial charge in [-0.05, 0) is 6.92 Å². The molecule has 10 heavy (non-hydrogen) atoms. The van der Waals surface area contributed by atoms with Crippen molar-refractivity contribution >= 4 is 0 Å². The molecule has 0 saturated carbocycles. The van der Waals surface area contributed by atoms with Gasteiger partial charge in [-0.25, -0.2) is 18.4 Å². The fourth-order valence-corrected chi connectivity index (χ4v) is 0.765. The Labute approximate surface area is 56.9 Å². The molecule has 0 bridgehead atoms. The van der Waals surface area contributed by atoms with Crippen molar-refractivity contribution in [3.8, 4) is 0 Å². The van der Waals surface area contributed by atoms with Crippen LogP contribution in [0, 0.1) is 6.92 Å². The molecule has 0 unspecified atom stereocenters. The molecule has 0 spiro atoms. The van der Waals surface area contributed by atoms with Crippen molar-refractivity contribution < 1.29 is 4.39 Å². The van der Waals surface area contributed by atoms with E-state index < -0.39 is 12.5 Å². The van der Waals surface area contributed by atoms with E-state index in [0.717, 1.165) is 9.25 Å². The van der Waals surface area contributed by atoms with E-state index in [-0.39, 0.29) is 0 Å². The molecule has 0 aliphatic heterocycles. The van der Waals surface area contributed by atoms with Gasteiger partial charge < -0.3 is 0 Å². The zero-order valence-corrected chi connectivity index (χ0v) is 5.83. The molecule has 0 fully saturated rings.